The van der Waals surface area contributed by atoms with Gasteiger partial charge in [0.1, 0.15) is 5.82 Å². The second-order valence-electron chi connectivity index (χ2n) is 6.01. The summed E-state index contributed by atoms with van der Waals surface area (Å²) in [6.07, 6.45) is 2.84. The second-order valence-corrected chi connectivity index (χ2v) is 7.12. The van der Waals surface area contributed by atoms with Crippen LogP contribution in [0.2, 0.25) is 0 Å². The van der Waals surface area contributed by atoms with E-state index in [9.17, 15) is 18.8 Å². The molecule has 0 saturated carbocycles. The second kappa shape index (κ2) is 7.21. The van der Waals surface area contributed by atoms with Gasteiger partial charge in [-0.2, -0.15) is 5.01 Å². The molecular weight excluding hydrogens is 379 g/mol. The lowest BCUT2D eigenvalue weighted by Gasteiger charge is -2.13. The molecule has 0 atom stereocenters. The quantitative estimate of drug-likeness (QED) is 0.541. The fourth-order valence-electron chi connectivity index (χ4n) is 2.81. The van der Waals surface area contributed by atoms with Gasteiger partial charge in [-0.15, -0.1) is 11.3 Å². The van der Waals surface area contributed by atoms with Crippen LogP contribution in [-0.4, -0.2) is 22.7 Å². The fraction of sp³-hybridized carbons (Fsp3) is 0. The van der Waals surface area contributed by atoms with Crippen molar-refractivity contribution in [2.24, 2.45) is 0 Å². The summed E-state index contributed by atoms with van der Waals surface area (Å²) in [6, 6.07) is 16.2. The molecule has 0 aliphatic carbocycles. The Bertz CT molecular complexity index is 1080. The number of fused-ring (bicyclic) bond motifs is 1. The highest BCUT2D eigenvalue weighted by Crippen LogP contribution is 2.29. The summed E-state index contributed by atoms with van der Waals surface area (Å²) in [5.41, 5.74) is 3.71. The third kappa shape index (κ3) is 3.35. The molecule has 4 rings (SSSR count). The lowest BCUT2D eigenvalue weighted by atomic mass is 10.1. The first-order valence-corrected chi connectivity index (χ1v) is 9.17. The molecule has 7 heteroatoms. The summed E-state index contributed by atoms with van der Waals surface area (Å²) >= 11 is 1.43. The van der Waals surface area contributed by atoms with Crippen LogP contribution in [0.25, 0.3) is 16.5 Å². The number of benzene rings is 2. The van der Waals surface area contributed by atoms with Crippen LogP contribution >= 0.6 is 11.3 Å². The molecule has 1 aliphatic rings. The summed E-state index contributed by atoms with van der Waals surface area (Å²) in [6.45, 7) is 0. The van der Waals surface area contributed by atoms with Crippen molar-refractivity contribution in [2.45, 2.75) is 0 Å². The number of hydrogen-bond acceptors (Lipinski definition) is 4. The minimum absolute atomic E-state index is 0.263. The number of nitrogens with one attached hydrogen (secondary N) is 1. The van der Waals surface area contributed by atoms with Crippen LogP contribution in [-0.2, 0) is 4.79 Å². The number of imide groups is 1. The summed E-state index contributed by atoms with van der Waals surface area (Å²) in [5.74, 6) is -2.01. The molecule has 0 saturated heterocycles. The van der Waals surface area contributed by atoms with E-state index >= 15 is 0 Å². The normalized spacial score (nSPS) is 13.2. The average Bonchev–Trinajstić information content (AvgIpc) is 3.27. The van der Waals surface area contributed by atoms with Crippen LogP contribution in [0.1, 0.15) is 25.6 Å². The SMILES string of the molecule is O=C(C=Cc1ccc(-c2ccc(F)cc2)s1)NN1C(=O)c2ccccc2C1=O. The molecule has 3 amide bonds. The number of rotatable bonds is 4. The summed E-state index contributed by atoms with van der Waals surface area (Å²) in [5, 5.41) is 0.718. The highest BCUT2D eigenvalue weighted by molar-refractivity contribution is 7.16. The first-order valence-electron chi connectivity index (χ1n) is 8.35. The smallest absolute Gasteiger partial charge is 0.268 e. The summed E-state index contributed by atoms with van der Waals surface area (Å²) in [7, 11) is 0. The molecule has 3 aromatic rings. The first-order chi connectivity index (χ1) is 13.5. The average molecular weight is 392 g/mol. The molecule has 2 heterocycles. The summed E-state index contributed by atoms with van der Waals surface area (Å²) < 4.78 is 13.0. The van der Waals surface area contributed by atoms with Gasteiger partial charge in [-0.25, -0.2) is 4.39 Å². The van der Waals surface area contributed by atoms with Gasteiger partial charge in [0, 0.05) is 15.8 Å². The standard InChI is InChI=1S/C21H13FN2O3S/c22-14-7-5-13(6-8-14)18-11-9-15(28-18)10-12-19(25)23-24-20(26)16-3-1-2-4-17(16)21(24)27/h1-12H,(H,23,25). The molecule has 2 aromatic carbocycles. The van der Waals surface area contributed by atoms with E-state index in [2.05, 4.69) is 5.43 Å². The molecule has 1 aromatic heterocycles. The van der Waals surface area contributed by atoms with Gasteiger partial charge in [0.05, 0.1) is 11.1 Å². The van der Waals surface area contributed by atoms with Gasteiger partial charge in [-0.3, -0.25) is 19.8 Å². The van der Waals surface area contributed by atoms with Crippen molar-refractivity contribution in [3.05, 3.63) is 88.6 Å². The molecule has 0 fully saturated rings. The largest absolute Gasteiger partial charge is 0.280 e. The van der Waals surface area contributed by atoms with Gasteiger partial charge in [-0.05, 0) is 48.0 Å². The topological polar surface area (TPSA) is 66.5 Å². The van der Waals surface area contributed by atoms with Crippen molar-refractivity contribution in [3.8, 4) is 10.4 Å². The minimum atomic E-state index is -0.591. The Kier molecular flexibility index (Phi) is 4.58. The first kappa shape index (κ1) is 17.8. The van der Waals surface area contributed by atoms with E-state index in [1.807, 2.05) is 12.1 Å². The van der Waals surface area contributed by atoms with Crippen LogP contribution in [0, 0.1) is 5.82 Å². The van der Waals surface area contributed by atoms with E-state index in [-0.39, 0.29) is 16.9 Å². The van der Waals surface area contributed by atoms with Gasteiger partial charge in [0.25, 0.3) is 17.7 Å². The van der Waals surface area contributed by atoms with Crippen LogP contribution in [0.5, 0.6) is 0 Å². The van der Waals surface area contributed by atoms with Gasteiger partial charge in [0.15, 0.2) is 0 Å². The van der Waals surface area contributed by atoms with E-state index in [4.69, 9.17) is 0 Å². The number of carbonyl (C=O) groups is 3. The zero-order valence-corrected chi connectivity index (χ0v) is 15.2. The highest BCUT2D eigenvalue weighted by Gasteiger charge is 2.36. The van der Waals surface area contributed by atoms with Crippen molar-refractivity contribution in [1.82, 2.24) is 10.4 Å². The molecule has 0 spiro atoms. The Hall–Kier alpha value is -3.58. The van der Waals surface area contributed by atoms with E-state index in [1.54, 1.807) is 42.5 Å². The minimum Gasteiger partial charge on any atom is -0.268 e. The molecule has 0 bridgehead atoms. The maximum Gasteiger partial charge on any atom is 0.280 e. The van der Waals surface area contributed by atoms with E-state index in [0.29, 0.717) is 0 Å². The number of halogens is 1. The van der Waals surface area contributed by atoms with Crippen LogP contribution < -0.4 is 5.43 Å². The van der Waals surface area contributed by atoms with Crippen molar-refractivity contribution in [3.63, 3.8) is 0 Å². The molecule has 0 unspecified atom stereocenters. The number of hydrogen-bond donors (Lipinski definition) is 1. The van der Waals surface area contributed by atoms with Crippen molar-refractivity contribution in [1.29, 1.82) is 0 Å². The van der Waals surface area contributed by atoms with Crippen LogP contribution in [0.4, 0.5) is 4.39 Å². The fourth-order valence-corrected chi connectivity index (χ4v) is 3.72. The van der Waals surface area contributed by atoms with Crippen LogP contribution in [0.3, 0.4) is 0 Å². The van der Waals surface area contributed by atoms with E-state index < -0.39 is 17.7 Å². The third-order valence-corrected chi connectivity index (χ3v) is 5.27. The van der Waals surface area contributed by atoms with E-state index in [0.717, 1.165) is 20.3 Å². The maximum atomic E-state index is 13.0. The Morgan fingerprint density at radius 1 is 0.929 bits per heavy atom. The van der Waals surface area contributed by atoms with Crippen molar-refractivity contribution >= 4 is 35.1 Å². The molecule has 1 aliphatic heterocycles. The third-order valence-electron chi connectivity index (χ3n) is 4.17. The van der Waals surface area contributed by atoms with Crippen molar-refractivity contribution < 1.29 is 18.8 Å². The zero-order chi connectivity index (χ0) is 19.7. The molecule has 138 valence electrons. The Morgan fingerprint density at radius 3 is 2.21 bits per heavy atom. The predicted molar refractivity (Wildman–Crippen MR) is 104 cm³/mol. The molecule has 28 heavy (non-hydrogen) atoms. The highest BCUT2D eigenvalue weighted by atomic mass is 32.1. The van der Waals surface area contributed by atoms with Gasteiger partial charge in [0.2, 0.25) is 0 Å². The maximum absolute atomic E-state index is 13.0. The molecule has 1 N–H and O–H groups in total. The predicted octanol–water partition coefficient (Wildman–Crippen LogP) is 3.89. The van der Waals surface area contributed by atoms with Crippen molar-refractivity contribution in [2.75, 3.05) is 0 Å². The lowest BCUT2D eigenvalue weighted by Crippen LogP contribution is -2.45. The number of hydrazine groups is 1. The van der Waals surface area contributed by atoms with Crippen LogP contribution in [0.15, 0.2) is 66.7 Å². The number of amides is 3. The van der Waals surface area contributed by atoms with Gasteiger partial charge >= 0.3 is 0 Å². The lowest BCUT2D eigenvalue weighted by molar-refractivity contribution is -0.119. The Morgan fingerprint density at radius 2 is 1.57 bits per heavy atom. The Labute approximate surface area is 163 Å². The monoisotopic (exact) mass is 392 g/mol. The van der Waals surface area contributed by atoms with Gasteiger partial charge < -0.3 is 0 Å². The summed E-state index contributed by atoms with van der Waals surface area (Å²) in [4.78, 5) is 38.4. The molecule has 5 nitrogen and oxygen atoms in total. The number of thiophene rings is 1. The zero-order valence-electron chi connectivity index (χ0n) is 14.4. The van der Waals surface area contributed by atoms with E-state index in [1.165, 1.54) is 29.5 Å². The number of carbonyl (C=O) groups excluding carboxylic acids is 3. The Balaban J connectivity index is 1.43. The van der Waals surface area contributed by atoms with Gasteiger partial charge in [-0.1, -0.05) is 24.3 Å². The molecular formula is C21H13FN2O3S. The number of nitrogens with zero attached hydrogens (tertiary/aromatic N) is 1. The molecule has 0 radical (unpaired) electrons.